The van der Waals surface area contributed by atoms with Crippen molar-refractivity contribution in [3.05, 3.63) is 29.6 Å². The Labute approximate surface area is 104 Å². The number of alkyl halides is 2. The quantitative estimate of drug-likeness (QED) is 0.900. The topological polar surface area (TPSA) is 21.3 Å². The van der Waals surface area contributed by atoms with Gasteiger partial charge in [-0.1, -0.05) is 13.0 Å². The largest absolute Gasteiger partial charge is 0.435 e. The van der Waals surface area contributed by atoms with Crippen LogP contribution in [0.3, 0.4) is 0 Å². The molecule has 2 nitrogen and oxygen atoms in total. The Kier molecular flexibility index (Phi) is 4.11. The molecule has 18 heavy (non-hydrogen) atoms. The average molecular weight is 259 g/mol. The van der Waals surface area contributed by atoms with Crippen molar-refractivity contribution < 1.29 is 17.9 Å². The number of ether oxygens (including phenoxy) is 1. The van der Waals surface area contributed by atoms with E-state index in [0.717, 1.165) is 25.6 Å². The lowest BCUT2D eigenvalue weighted by Gasteiger charge is -2.30. The van der Waals surface area contributed by atoms with E-state index in [1.54, 1.807) is 6.07 Å². The minimum Gasteiger partial charge on any atom is -0.435 e. The second kappa shape index (κ2) is 5.61. The Morgan fingerprint density at radius 1 is 1.39 bits per heavy atom. The summed E-state index contributed by atoms with van der Waals surface area (Å²) in [5.41, 5.74) is 0.589. The SMILES string of the molecule is CC1CNCCC1c1ccc(OC(F)F)cc1F. The lowest BCUT2D eigenvalue weighted by Crippen LogP contribution is -2.34. The number of rotatable bonds is 3. The van der Waals surface area contributed by atoms with Gasteiger partial charge in [-0.2, -0.15) is 8.78 Å². The van der Waals surface area contributed by atoms with Crippen LogP contribution in [-0.4, -0.2) is 19.7 Å². The Balaban J connectivity index is 2.18. The smallest absolute Gasteiger partial charge is 0.387 e. The summed E-state index contributed by atoms with van der Waals surface area (Å²) < 4.78 is 42.1. The molecule has 0 spiro atoms. The van der Waals surface area contributed by atoms with Crippen molar-refractivity contribution in [3.63, 3.8) is 0 Å². The van der Waals surface area contributed by atoms with Crippen molar-refractivity contribution in [3.8, 4) is 5.75 Å². The minimum atomic E-state index is -2.92. The van der Waals surface area contributed by atoms with E-state index in [4.69, 9.17) is 0 Å². The zero-order valence-corrected chi connectivity index (χ0v) is 10.1. The first-order valence-electron chi connectivity index (χ1n) is 6.03. The van der Waals surface area contributed by atoms with E-state index < -0.39 is 12.4 Å². The Bertz CT molecular complexity index is 411. The van der Waals surface area contributed by atoms with E-state index in [1.807, 2.05) is 0 Å². The monoisotopic (exact) mass is 259 g/mol. The molecule has 0 amide bonds. The molecule has 1 heterocycles. The predicted octanol–water partition coefficient (Wildman–Crippen LogP) is 3.14. The van der Waals surface area contributed by atoms with Gasteiger partial charge < -0.3 is 10.1 Å². The third-order valence-corrected chi connectivity index (χ3v) is 3.38. The summed E-state index contributed by atoms with van der Waals surface area (Å²) >= 11 is 0. The van der Waals surface area contributed by atoms with Gasteiger partial charge in [-0.15, -0.1) is 0 Å². The summed E-state index contributed by atoms with van der Waals surface area (Å²) in [4.78, 5) is 0. The third kappa shape index (κ3) is 2.96. The highest BCUT2D eigenvalue weighted by Gasteiger charge is 2.25. The van der Waals surface area contributed by atoms with Gasteiger partial charge in [0.1, 0.15) is 11.6 Å². The molecule has 0 aromatic heterocycles. The predicted molar refractivity (Wildman–Crippen MR) is 62.4 cm³/mol. The van der Waals surface area contributed by atoms with Crippen molar-refractivity contribution in [1.82, 2.24) is 5.32 Å². The molecule has 5 heteroatoms. The van der Waals surface area contributed by atoms with E-state index >= 15 is 0 Å². The fraction of sp³-hybridized carbons (Fsp3) is 0.538. The van der Waals surface area contributed by atoms with E-state index in [0.29, 0.717) is 11.5 Å². The van der Waals surface area contributed by atoms with Gasteiger partial charge in [0.05, 0.1) is 0 Å². The van der Waals surface area contributed by atoms with Crippen LogP contribution in [0.25, 0.3) is 0 Å². The molecule has 2 rings (SSSR count). The lowest BCUT2D eigenvalue weighted by atomic mass is 9.82. The highest BCUT2D eigenvalue weighted by Crippen LogP contribution is 2.33. The molecule has 100 valence electrons. The number of piperidine rings is 1. The molecule has 0 radical (unpaired) electrons. The second-order valence-corrected chi connectivity index (χ2v) is 4.64. The molecular formula is C13H16F3NO. The summed E-state index contributed by atoms with van der Waals surface area (Å²) in [7, 11) is 0. The maximum atomic E-state index is 13.9. The van der Waals surface area contributed by atoms with Gasteiger partial charge in [-0.25, -0.2) is 4.39 Å². The van der Waals surface area contributed by atoms with Crippen LogP contribution in [0.5, 0.6) is 5.75 Å². The molecule has 0 aliphatic carbocycles. The molecule has 1 N–H and O–H groups in total. The first kappa shape index (κ1) is 13.2. The molecule has 2 unspecified atom stereocenters. The van der Waals surface area contributed by atoms with Crippen LogP contribution in [0, 0.1) is 11.7 Å². The summed E-state index contributed by atoms with van der Waals surface area (Å²) in [6, 6.07) is 4.00. The van der Waals surface area contributed by atoms with E-state index in [9.17, 15) is 13.2 Å². The van der Waals surface area contributed by atoms with Crippen molar-refractivity contribution >= 4 is 0 Å². The van der Waals surface area contributed by atoms with Gasteiger partial charge in [0, 0.05) is 6.07 Å². The van der Waals surface area contributed by atoms with Gasteiger partial charge in [0.25, 0.3) is 0 Å². The normalized spacial score (nSPS) is 24.3. The van der Waals surface area contributed by atoms with Crippen LogP contribution >= 0.6 is 0 Å². The zero-order valence-electron chi connectivity index (χ0n) is 10.1. The number of hydrogen-bond donors (Lipinski definition) is 1. The van der Waals surface area contributed by atoms with Crippen LogP contribution in [0.2, 0.25) is 0 Å². The molecule has 1 aliphatic heterocycles. The van der Waals surface area contributed by atoms with E-state index in [2.05, 4.69) is 17.0 Å². The highest BCUT2D eigenvalue weighted by molar-refractivity contribution is 5.31. The van der Waals surface area contributed by atoms with Crippen LogP contribution in [0.4, 0.5) is 13.2 Å². The molecule has 1 aromatic carbocycles. The second-order valence-electron chi connectivity index (χ2n) is 4.64. The number of halogens is 3. The van der Waals surface area contributed by atoms with Crippen LogP contribution in [0.1, 0.15) is 24.8 Å². The molecule has 1 saturated heterocycles. The summed E-state index contributed by atoms with van der Waals surface area (Å²) in [6.07, 6.45) is 0.854. The maximum absolute atomic E-state index is 13.9. The number of nitrogens with one attached hydrogen (secondary N) is 1. The Morgan fingerprint density at radius 2 is 2.17 bits per heavy atom. The van der Waals surface area contributed by atoms with Gasteiger partial charge in [0.2, 0.25) is 0 Å². The first-order valence-corrected chi connectivity index (χ1v) is 6.03. The average Bonchev–Trinajstić information content (AvgIpc) is 2.30. The Hall–Kier alpha value is -1.23. The molecule has 1 aromatic rings. The van der Waals surface area contributed by atoms with Crippen molar-refractivity contribution in [2.45, 2.75) is 25.9 Å². The third-order valence-electron chi connectivity index (χ3n) is 3.38. The molecule has 0 saturated carbocycles. The van der Waals surface area contributed by atoms with Gasteiger partial charge in [0.15, 0.2) is 0 Å². The number of benzene rings is 1. The molecule has 0 bridgehead atoms. The van der Waals surface area contributed by atoms with Crippen LogP contribution < -0.4 is 10.1 Å². The fourth-order valence-corrected chi connectivity index (χ4v) is 2.46. The molecule has 1 fully saturated rings. The minimum absolute atomic E-state index is 0.131. The van der Waals surface area contributed by atoms with Crippen LogP contribution in [-0.2, 0) is 0 Å². The van der Waals surface area contributed by atoms with Gasteiger partial charge in [-0.3, -0.25) is 0 Å². The van der Waals surface area contributed by atoms with Crippen molar-refractivity contribution in [2.24, 2.45) is 5.92 Å². The first-order chi connectivity index (χ1) is 8.58. The van der Waals surface area contributed by atoms with Crippen molar-refractivity contribution in [2.75, 3.05) is 13.1 Å². The Morgan fingerprint density at radius 3 is 2.78 bits per heavy atom. The number of hydrogen-bond acceptors (Lipinski definition) is 2. The summed E-state index contributed by atoms with van der Waals surface area (Å²) in [5.74, 6) is -0.137. The van der Waals surface area contributed by atoms with E-state index in [1.165, 1.54) is 6.07 Å². The summed E-state index contributed by atoms with van der Waals surface area (Å²) in [6.45, 7) is 0.830. The standard InChI is InChI=1S/C13H16F3NO/c1-8-7-17-5-4-10(8)11-3-2-9(6-12(11)14)18-13(15)16/h2-3,6,8,10,13,17H,4-5,7H2,1H3. The molecule has 1 aliphatic rings. The van der Waals surface area contributed by atoms with E-state index in [-0.39, 0.29) is 11.7 Å². The van der Waals surface area contributed by atoms with Crippen LogP contribution in [0.15, 0.2) is 18.2 Å². The lowest BCUT2D eigenvalue weighted by molar-refractivity contribution is -0.0500. The summed E-state index contributed by atoms with van der Waals surface area (Å²) in [5, 5.41) is 3.24. The van der Waals surface area contributed by atoms with Crippen molar-refractivity contribution in [1.29, 1.82) is 0 Å². The molecular weight excluding hydrogens is 243 g/mol. The fourth-order valence-electron chi connectivity index (χ4n) is 2.46. The van der Waals surface area contributed by atoms with Gasteiger partial charge >= 0.3 is 6.61 Å². The van der Waals surface area contributed by atoms with Gasteiger partial charge in [-0.05, 0) is 43.0 Å². The highest BCUT2D eigenvalue weighted by atomic mass is 19.3. The zero-order chi connectivity index (χ0) is 13.1. The maximum Gasteiger partial charge on any atom is 0.387 e. The molecule has 2 atom stereocenters.